The third kappa shape index (κ3) is 3.64. The zero-order chi connectivity index (χ0) is 16.3. The number of hydrogen-bond acceptors (Lipinski definition) is 3. The Kier molecular flexibility index (Phi) is 4.84. The summed E-state index contributed by atoms with van der Waals surface area (Å²) < 4.78 is 10.7. The highest BCUT2D eigenvalue weighted by Crippen LogP contribution is 2.33. The SMILES string of the molecule is COc1ccc(C(C)(C)CN=C(N)N(C)C2CC2)cc1OC. The summed E-state index contributed by atoms with van der Waals surface area (Å²) in [5, 5.41) is 0. The molecule has 0 atom stereocenters. The van der Waals surface area contributed by atoms with E-state index in [-0.39, 0.29) is 5.41 Å². The lowest BCUT2D eigenvalue weighted by atomic mass is 9.84. The Labute approximate surface area is 133 Å². The lowest BCUT2D eigenvalue weighted by molar-refractivity contribution is 0.353. The number of methoxy groups -OCH3 is 2. The van der Waals surface area contributed by atoms with Gasteiger partial charge in [0.25, 0.3) is 0 Å². The lowest BCUT2D eigenvalue weighted by Gasteiger charge is -2.25. The van der Waals surface area contributed by atoms with E-state index >= 15 is 0 Å². The van der Waals surface area contributed by atoms with Gasteiger partial charge in [0.2, 0.25) is 0 Å². The minimum Gasteiger partial charge on any atom is -0.493 e. The van der Waals surface area contributed by atoms with Gasteiger partial charge in [-0.2, -0.15) is 0 Å². The molecule has 0 unspecified atom stereocenters. The van der Waals surface area contributed by atoms with E-state index in [2.05, 4.69) is 29.8 Å². The van der Waals surface area contributed by atoms with E-state index in [1.54, 1.807) is 14.2 Å². The normalized spacial score (nSPS) is 15.6. The van der Waals surface area contributed by atoms with Crippen LogP contribution in [0.4, 0.5) is 0 Å². The summed E-state index contributed by atoms with van der Waals surface area (Å²) in [7, 11) is 5.30. The molecule has 2 rings (SSSR count). The van der Waals surface area contributed by atoms with Crippen LogP contribution in [0.3, 0.4) is 0 Å². The first-order valence-electron chi connectivity index (χ1n) is 7.64. The molecule has 0 aromatic heterocycles. The van der Waals surface area contributed by atoms with Gasteiger partial charge >= 0.3 is 0 Å². The Morgan fingerprint density at radius 3 is 2.45 bits per heavy atom. The lowest BCUT2D eigenvalue weighted by Crippen LogP contribution is -2.37. The molecular weight excluding hydrogens is 278 g/mol. The fraction of sp³-hybridized carbons (Fsp3) is 0.588. The molecule has 1 saturated carbocycles. The number of guanidine groups is 1. The Hall–Kier alpha value is -1.91. The van der Waals surface area contributed by atoms with Crippen LogP contribution in [0.5, 0.6) is 11.5 Å². The molecule has 0 radical (unpaired) electrons. The number of ether oxygens (including phenoxy) is 2. The Morgan fingerprint density at radius 1 is 1.27 bits per heavy atom. The molecule has 122 valence electrons. The van der Waals surface area contributed by atoms with Crippen molar-refractivity contribution >= 4 is 5.96 Å². The van der Waals surface area contributed by atoms with Gasteiger partial charge in [0, 0.05) is 18.5 Å². The molecule has 1 aromatic rings. The largest absolute Gasteiger partial charge is 0.493 e. The van der Waals surface area contributed by atoms with Crippen LogP contribution in [0.1, 0.15) is 32.3 Å². The maximum Gasteiger partial charge on any atom is 0.191 e. The number of nitrogens with two attached hydrogens (primary N) is 1. The molecule has 0 spiro atoms. The number of hydrogen-bond donors (Lipinski definition) is 1. The first kappa shape index (κ1) is 16.5. The van der Waals surface area contributed by atoms with Crippen molar-refractivity contribution in [1.29, 1.82) is 0 Å². The van der Waals surface area contributed by atoms with Gasteiger partial charge < -0.3 is 20.1 Å². The quantitative estimate of drug-likeness (QED) is 0.647. The van der Waals surface area contributed by atoms with Crippen LogP contribution < -0.4 is 15.2 Å². The Balaban J connectivity index is 2.13. The molecule has 0 aliphatic heterocycles. The molecule has 2 N–H and O–H groups in total. The van der Waals surface area contributed by atoms with Gasteiger partial charge in [-0.3, -0.25) is 4.99 Å². The summed E-state index contributed by atoms with van der Waals surface area (Å²) in [5.41, 5.74) is 7.09. The van der Waals surface area contributed by atoms with Gasteiger partial charge in [0.1, 0.15) is 0 Å². The minimum absolute atomic E-state index is 0.130. The van der Waals surface area contributed by atoms with Crippen molar-refractivity contribution in [3.63, 3.8) is 0 Å². The molecule has 1 fully saturated rings. The van der Waals surface area contributed by atoms with Crippen molar-refractivity contribution < 1.29 is 9.47 Å². The topological polar surface area (TPSA) is 60.1 Å². The maximum atomic E-state index is 6.08. The van der Waals surface area contributed by atoms with Crippen molar-refractivity contribution in [2.24, 2.45) is 10.7 Å². The van der Waals surface area contributed by atoms with E-state index in [1.807, 2.05) is 19.2 Å². The summed E-state index contributed by atoms with van der Waals surface area (Å²) >= 11 is 0. The number of benzene rings is 1. The third-order valence-electron chi connectivity index (χ3n) is 4.26. The van der Waals surface area contributed by atoms with Crippen LogP contribution in [0.2, 0.25) is 0 Å². The summed E-state index contributed by atoms with van der Waals surface area (Å²) in [6, 6.07) is 6.57. The van der Waals surface area contributed by atoms with Gasteiger partial charge in [0.05, 0.1) is 20.8 Å². The summed E-state index contributed by atoms with van der Waals surface area (Å²) in [6.45, 7) is 4.94. The van der Waals surface area contributed by atoms with Crippen LogP contribution in [0.15, 0.2) is 23.2 Å². The molecule has 1 aromatic carbocycles. The average molecular weight is 305 g/mol. The number of aliphatic imine (C=N–C) groups is 1. The molecule has 1 aliphatic rings. The summed E-state index contributed by atoms with van der Waals surface area (Å²) in [4.78, 5) is 6.65. The van der Waals surface area contributed by atoms with Crippen molar-refractivity contribution in [3.8, 4) is 11.5 Å². The third-order valence-corrected chi connectivity index (χ3v) is 4.26. The monoisotopic (exact) mass is 305 g/mol. The molecule has 5 heteroatoms. The summed E-state index contributed by atoms with van der Waals surface area (Å²) in [6.07, 6.45) is 2.43. The summed E-state index contributed by atoms with van der Waals surface area (Å²) in [5.74, 6) is 2.09. The van der Waals surface area contributed by atoms with Gasteiger partial charge in [-0.15, -0.1) is 0 Å². The van der Waals surface area contributed by atoms with Crippen LogP contribution in [-0.4, -0.2) is 44.7 Å². The molecular formula is C17H27N3O2. The van der Waals surface area contributed by atoms with Gasteiger partial charge in [-0.1, -0.05) is 19.9 Å². The van der Waals surface area contributed by atoms with E-state index in [1.165, 1.54) is 12.8 Å². The highest BCUT2D eigenvalue weighted by molar-refractivity contribution is 5.78. The predicted octanol–water partition coefficient (Wildman–Crippen LogP) is 2.39. The minimum atomic E-state index is -0.130. The van der Waals surface area contributed by atoms with Crippen LogP contribution >= 0.6 is 0 Å². The zero-order valence-corrected chi connectivity index (χ0v) is 14.2. The standard InChI is InChI=1S/C17H27N3O2/c1-17(2,11-19-16(18)20(3)13-7-8-13)12-6-9-14(21-4)15(10-12)22-5/h6,9-10,13H,7-8,11H2,1-5H3,(H2,18,19). The van der Waals surface area contributed by atoms with E-state index in [4.69, 9.17) is 15.2 Å². The van der Waals surface area contributed by atoms with Gasteiger partial charge in [0.15, 0.2) is 17.5 Å². The molecule has 0 amide bonds. The second kappa shape index (κ2) is 6.46. The number of rotatable bonds is 6. The molecule has 0 heterocycles. The van der Waals surface area contributed by atoms with E-state index < -0.39 is 0 Å². The highest BCUT2D eigenvalue weighted by Gasteiger charge is 2.28. The van der Waals surface area contributed by atoms with Crippen molar-refractivity contribution in [3.05, 3.63) is 23.8 Å². The average Bonchev–Trinajstić information content (AvgIpc) is 3.35. The van der Waals surface area contributed by atoms with Crippen molar-refractivity contribution in [2.45, 2.75) is 38.1 Å². The second-order valence-corrected chi connectivity index (χ2v) is 6.47. The van der Waals surface area contributed by atoms with Crippen LogP contribution in [-0.2, 0) is 5.41 Å². The van der Waals surface area contributed by atoms with Crippen molar-refractivity contribution in [1.82, 2.24) is 4.90 Å². The van der Waals surface area contributed by atoms with Crippen molar-refractivity contribution in [2.75, 3.05) is 27.8 Å². The zero-order valence-electron chi connectivity index (χ0n) is 14.2. The van der Waals surface area contributed by atoms with Crippen LogP contribution in [0, 0.1) is 0 Å². The fourth-order valence-corrected chi connectivity index (χ4v) is 2.39. The van der Waals surface area contributed by atoms with E-state index in [9.17, 15) is 0 Å². The highest BCUT2D eigenvalue weighted by atomic mass is 16.5. The maximum absolute atomic E-state index is 6.08. The molecule has 5 nitrogen and oxygen atoms in total. The molecule has 22 heavy (non-hydrogen) atoms. The molecule has 0 bridgehead atoms. The second-order valence-electron chi connectivity index (χ2n) is 6.47. The molecule has 0 saturated heterocycles. The van der Waals surface area contributed by atoms with E-state index in [0.717, 1.165) is 17.1 Å². The smallest absolute Gasteiger partial charge is 0.191 e. The number of nitrogens with zero attached hydrogens (tertiary/aromatic N) is 2. The Morgan fingerprint density at radius 2 is 1.91 bits per heavy atom. The first-order chi connectivity index (χ1) is 10.4. The Bertz CT molecular complexity index is 551. The first-order valence-corrected chi connectivity index (χ1v) is 7.64. The molecule has 1 aliphatic carbocycles. The van der Waals surface area contributed by atoms with Gasteiger partial charge in [-0.05, 0) is 30.5 Å². The van der Waals surface area contributed by atoms with Crippen LogP contribution in [0.25, 0.3) is 0 Å². The predicted molar refractivity (Wildman–Crippen MR) is 89.8 cm³/mol. The van der Waals surface area contributed by atoms with Gasteiger partial charge in [-0.25, -0.2) is 0 Å². The van der Waals surface area contributed by atoms with E-state index in [0.29, 0.717) is 18.5 Å². The fourth-order valence-electron chi connectivity index (χ4n) is 2.39.